The SMILES string of the molecule is CCCCOC(=O)C1(O)COCCC1I. The van der Waals surface area contributed by atoms with Crippen LogP contribution in [0.1, 0.15) is 26.2 Å². The molecule has 1 saturated heterocycles. The summed E-state index contributed by atoms with van der Waals surface area (Å²) in [5.74, 6) is -0.546. The van der Waals surface area contributed by atoms with Crippen molar-refractivity contribution >= 4 is 28.6 Å². The molecule has 15 heavy (non-hydrogen) atoms. The fraction of sp³-hybridized carbons (Fsp3) is 0.900. The molecule has 2 unspecified atom stereocenters. The number of carbonyl (C=O) groups excluding carboxylic acids is 1. The molecule has 0 aromatic rings. The molecule has 0 aliphatic carbocycles. The van der Waals surface area contributed by atoms with Crippen LogP contribution in [0, 0.1) is 0 Å². The first-order valence-corrected chi connectivity index (χ1v) is 6.47. The van der Waals surface area contributed by atoms with Crippen molar-refractivity contribution < 1.29 is 19.4 Å². The monoisotopic (exact) mass is 328 g/mol. The maximum absolute atomic E-state index is 11.6. The van der Waals surface area contributed by atoms with Crippen LogP contribution in [-0.4, -0.2) is 40.4 Å². The van der Waals surface area contributed by atoms with Crippen molar-refractivity contribution in [2.24, 2.45) is 0 Å². The van der Waals surface area contributed by atoms with Gasteiger partial charge in [0.1, 0.15) is 0 Å². The van der Waals surface area contributed by atoms with E-state index in [1.165, 1.54) is 0 Å². The van der Waals surface area contributed by atoms with Crippen LogP contribution in [0.4, 0.5) is 0 Å². The number of ether oxygens (including phenoxy) is 2. The number of esters is 1. The van der Waals surface area contributed by atoms with Crippen molar-refractivity contribution in [1.82, 2.24) is 0 Å². The van der Waals surface area contributed by atoms with Gasteiger partial charge in [-0.15, -0.1) is 0 Å². The molecule has 2 atom stereocenters. The third-order valence-corrected chi connectivity index (χ3v) is 4.09. The molecule has 1 aliphatic rings. The van der Waals surface area contributed by atoms with E-state index in [-0.39, 0.29) is 10.5 Å². The first kappa shape index (κ1) is 13.2. The van der Waals surface area contributed by atoms with E-state index in [9.17, 15) is 9.90 Å². The predicted octanol–water partition coefficient (Wildman–Crippen LogP) is 1.28. The Morgan fingerprint density at radius 3 is 3.07 bits per heavy atom. The van der Waals surface area contributed by atoms with E-state index < -0.39 is 11.6 Å². The number of hydrogen-bond acceptors (Lipinski definition) is 4. The van der Waals surface area contributed by atoms with E-state index in [1.54, 1.807) is 0 Å². The summed E-state index contributed by atoms with van der Waals surface area (Å²) in [7, 11) is 0. The van der Waals surface area contributed by atoms with E-state index in [2.05, 4.69) is 22.6 Å². The number of aliphatic hydroxyl groups is 1. The molecule has 0 saturated carbocycles. The highest BCUT2D eigenvalue weighted by Crippen LogP contribution is 2.28. The minimum absolute atomic E-state index is 0.0472. The van der Waals surface area contributed by atoms with Gasteiger partial charge in [-0.3, -0.25) is 0 Å². The average Bonchev–Trinajstić information content (AvgIpc) is 2.23. The minimum Gasteiger partial charge on any atom is -0.463 e. The molecule has 1 fully saturated rings. The van der Waals surface area contributed by atoms with Gasteiger partial charge in [-0.05, 0) is 12.8 Å². The Hall–Kier alpha value is 0.120. The van der Waals surface area contributed by atoms with Gasteiger partial charge >= 0.3 is 5.97 Å². The van der Waals surface area contributed by atoms with Crippen molar-refractivity contribution in [2.45, 2.75) is 35.7 Å². The molecule has 0 aromatic heterocycles. The Morgan fingerprint density at radius 2 is 2.47 bits per heavy atom. The topological polar surface area (TPSA) is 55.8 Å². The van der Waals surface area contributed by atoms with Crippen LogP contribution in [0.25, 0.3) is 0 Å². The lowest BCUT2D eigenvalue weighted by Gasteiger charge is -2.34. The second-order valence-corrected chi connectivity index (χ2v) is 5.23. The van der Waals surface area contributed by atoms with Crippen LogP contribution in [0.3, 0.4) is 0 Å². The number of halogens is 1. The van der Waals surface area contributed by atoms with Gasteiger partial charge in [0.25, 0.3) is 0 Å². The molecule has 0 radical (unpaired) electrons. The summed E-state index contributed by atoms with van der Waals surface area (Å²) < 4.78 is 10.0. The van der Waals surface area contributed by atoms with Crippen molar-refractivity contribution in [2.75, 3.05) is 19.8 Å². The third-order valence-electron chi connectivity index (χ3n) is 2.44. The first-order valence-electron chi connectivity index (χ1n) is 5.22. The van der Waals surface area contributed by atoms with E-state index in [0.29, 0.717) is 19.6 Å². The Labute approximate surface area is 103 Å². The zero-order chi connectivity index (χ0) is 11.3. The van der Waals surface area contributed by atoms with E-state index in [4.69, 9.17) is 9.47 Å². The molecule has 1 aliphatic heterocycles. The molecular formula is C10H17IO4. The number of hydrogen-bond donors (Lipinski definition) is 1. The van der Waals surface area contributed by atoms with Crippen molar-refractivity contribution in [3.63, 3.8) is 0 Å². The minimum atomic E-state index is -1.45. The fourth-order valence-corrected chi connectivity index (χ4v) is 2.05. The van der Waals surface area contributed by atoms with Crippen LogP contribution in [0.5, 0.6) is 0 Å². The molecule has 1 heterocycles. The molecule has 0 bridgehead atoms. The maximum Gasteiger partial charge on any atom is 0.341 e. The lowest BCUT2D eigenvalue weighted by atomic mass is 9.97. The fourth-order valence-electron chi connectivity index (χ4n) is 1.36. The zero-order valence-electron chi connectivity index (χ0n) is 8.87. The molecule has 0 spiro atoms. The number of carbonyl (C=O) groups is 1. The van der Waals surface area contributed by atoms with Gasteiger partial charge in [0.2, 0.25) is 0 Å². The summed E-state index contributed by atoms with van der Waals surface area (Å²) in [6.45, 7) is 3.04. The summed E-state index contributed by atoms with van der Waals surface area (Å²) >= 11 is 2.08. The number of unbranched alkanes of at least 4 members (excludes halogenated alkanes) is 1. The lowest BCUT2D eigenvalue weighted by Crippen LogP contribution is -2.54. The molecule has 0 aromatic carbocycles. The van der Waals surface area contributed by atoms with Gasteiger partial charge in [0.05, 0.1) is 17.1 Å². The Morgan fingerprint density at radius 1 is 1.73 bits per heavy atom. The Kier molecular flexibility index (Phi) is 5.28. The molecule has 1 rings (SSSR count). The predicted molar refractivity (Wildman–Crippen MR) is 64.1 cm³/mol. The van der Waals surface area contributed by atoms with Crippen LogP contribution in [0.2, 0.25) is 0 Å². The Bertz CT molecular complexity index is 221. The Balaban J connectivity index is 2.47. The second-order valence-electron chi connectivity index (χ2n) is 3.72. The standard InChI is InChI=1S/C10H17IO4/c1-2-3-5-15-9(12)10(13)7-14-6-4-8(10)11/h8,13H,2-7H2,1H3. The molecule has 88 valence electrons. The lowest BCUT2D eigenvalue weighted by molar-refractivity contribution is -0.176. The average molecular weight is 328 g/mol. The molecule has 4 nitrogen and oxygen atoms in total. The highest BCUT2D eigenvalue weighted by Gasteiger charge is 2.46. The van der Waals surface area contributed by atoms with Gasteiger partial charge in [0.15, 0.2) is 5.60 Å². The quantitative estimate of drug-likeness (QED) is 0.366. The third kappa shape index (κ3) is 3.29. The van der Waals surface area contributed by atoms with Crippen molar-refractivity contribution in [3.8, 4) is 0 Å². The van der Waals surface area contributed by atoms with Gasteiger partial charge in [-0.25, -0.2) is 4.79 Å². The largest absolute Gasteiger partial charge is 0.463 e. The highest BCUT2D eigenvalue weighted by molar-refractivity contribution is 14.1. The molecular weight excluding hydrogens is 311 g/mol. The smallest absolute Gasteiger partial charge is 0.341 e. The van der Waals surface area contributed by atoms with Crippen LogP contribution in [-0.2, 0) is 14.3 Å². The van der Waals surface area contributed by atoms with Crippen LogP contribution >= 0.6 is 22.6 Å². The summed E-state index contributed by atoms with van der Waals surface area (Å²) in [5, 5.41) is 10.1. The molecule has 0 amide bonds. The summed E-state index contributed by atoms with van der Waals surface area (Å²) in [4.78, 5) is 11.6. The number of rotatable bonds is 4. The normalized spacial score (nSPS) is 31.3. The maximum atomic E-state index is 11.6. The summed E-state index contributed by atoms with van der Waals surface area (Å²) in [6.07, 6.45) is 2.48. The van der Waals surface area contributed by atoms with Crippen molar-refractivity contribution in [1.29, 1.82) is 0 Å². The summed E-state index contributed by atoms with van der Waals surface area (Å²) in [6, 6.07) is 0. The van der Waals surface area contributed by atoms with Gasteiger partial charge < -0.3 is 14.6 Å². The second kappa shape index (κ2) is 6.00. The van der Waals surface area contributed by atoms with Gasteiger partial charge in [-0.1, -0.05) is 35.9 Å². The van der Waals surface area contributed by atoms with Crippen LogP contribution < -0.4 is 0 Å². The van der Waals surface area contributed by atoms with E-state index in [0.717, 1.165) is 12.8 Å². The summed E-state index contributed by atoms with van der Waals surface area (Å²) in [5.41, 5.74) is -1.45. The van der Waals surface area contributed by atoms with Gasteiger partial charge in [0, 0.05) is 6.61 Å². The number of alkyl halides is 1. The highest BCUT2D eigenvalue weighted by atomic mass is 127. The van der Waals surface area contributed by atoms with Gasteiger partial charge in [-0.2, -0.15) is 0 Å². The molecule has 1 N–H and O–H groups in total. The van der Waals surface area contributed by atoms with E-state index >= 15 is 0 Å². The van der Waals surface area contributed by atoms with Crippen molar-refractivity contribution in [3.05, 3.63) is 0 Å². The van der Waals surface area contributed by atoms with Crippen LogP contribution in [0.15, 0.2) is 0 Å². The zero-order valence-corrected chi connectivity index (χ0v) is 11.0. The first-order chi connectivity index (χ1) is 7.11. The van der Waals surface area contributed by atoms with E-state index in [1.807, 2.05) is 6.92 Å². The molecule has 5 heteroatoms.